The van der Waals surface area contributed by atoms with Crippen LogP contribution in [0.3, 0.4) is 0 Å². The van der Waals surface area contributed by atoms with E-state index in [0.29, 0.717) is 13.0 Å². The second-order valence-electron chi connectivity index (χ2n) is 4.57. The summed E-state index contributed by atoms with van der Waals surface area (Å²) in [4.78, 5) is 11.7. The van der Waals surface area contributed by atoms with Gasteiger partial charge in [-0.3, -0.25) is 4.79 Å². The van der Waals surface area contributed by atoms with Gasteiger partial charge in [0.15, 0.2) is 0 Å². The zero-order valence-corrected chi connectivity index (χ0v) is 9.46. The van der Waals surface area contributed by atoms with Crippen LogP contribution >= 0.6 is 0 Å². The van der Waals surface area contributed by atoms with E-state index in [4.69, 9.17) is 11.2 Å². The van der Waals surface area contributed by atoms with E-state index in [2.05, 4.69) is 11.2 Å². The fourth-order valence-electron chi connectivity index (χ4n) is 1.36. The average molecular weight is 207 g/mol. The SMILES string of the molecule is C#CC1=CCNC(C(=O)OC(C)(C)C)C1. The lowest BCUT2D eigenvalue weighted by Crippen LogP contribution is -2.43. The van der Waals surface area contributed by atoms with Gasteiger partial charge < -0.3 is 10.1 Å². The molecule has 1 aliphatic rings. The van der Waals surface area contributed by atoms with E-state index in [1.54, 1.807) is 0 Å². The maximum atomic E-state index is 11.7. The number of nitrogens with one attached hydrogen (secondary N) is 1. The van der Waals surface area contributed by atoms with Crippen LogP contribution < -0.4 is 5.32 Å². The molecule has 0 aliphatic carbocycles. The lowest BCUT2D eigenvalue weighted by molar-refractivity contribution is -0.157. The highest BCUT2D eigenvalue weighted by Crippen LogP contribution is 2.14. The minimum Gasteiger partial charge on any atom is -0.459 e. The Bertz CT molecular complexity index is 317. The number of hydrogen-bond acceptors (Lipinski definition) is 3. The summed E-state index contributed by atoms with van der Waals surface area (Å²) in [5, 5.41) is 3.06. The van der Waals surface area contributed by atoms with E-state index < -0.39 is 5.60 Å². The van der Waals surface area contributed by atoms with Gasteiger partial charge in [-0.1, -0.05) is 12.0 Å². The van der Waals surface area contributed by atoms with Crippen molar-refractivity contribution in [1.82, 2.24) is 5.32 Å². The van der Waals surface area contributed by atoms with E-state index >= 15 is 0 Å². The maximum absolute atomic E-state index is 11.7. The zero-order valence-electron chi connectivity index (χ0n) is 9.46. The summed E-state index contributed by atoms with van der Waals surface area (Å²) < 4.78 is 5.27. The molecule has 0 aromatic heterocycles. The molecule has 0 bridgehead atoms. The molecule has 1 aliphatic heterocycles. The van der Waals surface area contributed by atoms with Gasteiger partial charge in [-0.2, -0.15) is 0 Å². The van der Waals surface area contributed by atoms with Crippen molar-refractivity contribution in [1.29, 1.82) is 0 Å². The van der Waals surface area contributed by atoms with Gasteiger partial charge in [0.25, 0.3) is 0 Å². The molecule has 0 aromatic rings. The molecule has 82 valence electrons. The third-order valence-corrected chi connectivity index (χ3v) is 2.01. The molecule has 0 radical (unpaired) electrons. The smallest absolute Gasteiger partial charge is 0.324 e. The van der Waals surface area contributed by atoms with Crippen molar-refractivity contribution >= 4 is 5.97 Å². The largest absolute Gasteiger partial charge is 0.459 e. The van der Waals surface area contributed by atoms with Crippen LogP contribution in [-0.2, 0) is 9.53 Å². The summed E-state index contributed by atoms with van der Waals surface area (Å²) in [5.74, 6) is 2.33. The predicted octanol–water partition coefficient (Wildman–Crippen LogP) is 1.25. The molecular formula is C12H17NO2. The molecule has 15 heavy (non-hydrogen) atoms. The second-order valence-corrected chi connectivity index (χ2v) is 4.57. The highest BCUT2D eigenvalue weighted by molar-refractivity contribution is 5.77. The number of terminal acetylenes is 1. The average Bonchev–Trinajstić information content (AvgIpc) is 2.15. The van der Waals surface area contributed by atoms with Crippen LogP contribution in [0.4, 0.5) is 0 Å². The van der Waals surface area contributed by atoms with Gasteiger partial charge >= 0.3 is 5.97 Å². The highest BCUT2D eigenvalue weighted by atomic mass is 16.6. The lowest BCUT2D eigenvalue weighted by atomic mass is 10.0. The Morgan fingerprint density at radius 2 is 2.33 bits per heavy atom. The molecule has 0 saturated carbocycles. The molecule has 1 unspecified atom stereocenters. The summed E-state index contributed by atoms with van der Waals surface area (Å²) in [6.45, 7) is 6.19. The molecule has 1 heterocycles. The summed E-state index contributed by atoms with van der Waals surface area (Å²) in [6.07, 6.45) is 7.76. The first kappa shape index (κ1) is 11.8. The Balaban J connectivity index is 2.57. The molecule has 3 nitrogen and oxygen atoms in total. The Kier molecular flexibility index (Phi) is 3.54. The number of carbonyl (C=O) groups excluding carboxylic acids is 1. The fourth-order valence-corrected chi connectivity index (χ4v) is 1.36. The Morgan fingerprint density at radius 3 is 2.87 bits per heavy atom. The van der Waals surface area contributed by atoms with Crippen LogP contribution in [0.1, 0.15) is 27.2 Å². The normalized spacial score (nSPS) is 21.5. The highest BCUT2D eigenvalue weighted by Gasteiger charge is 2.26. The van der Waals surface area contributed by atoms with Crippen LogP contribution in [0.2, 0.25) is 0 Å². The zero-order chi connectivity index (χ0) is 11.5. The fraction of sp³-hybridized carbons (Fsp3) is 0.583. The topological polar surface area (TPSA) is 38.3 Å². The maximum Gasteiger partial charge on any atom is 0.324 e. The van der Waals surface area contributed by atoms with E-state index in [9.17, 15) is 4.79 Å². The van der Waals surface area contributed by atoms with Crippen LogP contribution in [0.15, 0.2) is 11.6 Å². The molecule has 3 heteroatoms. The van der Waals surface area contributed by atoms with Crippen molar-refractivity contribution in [2.75, 3.05) is 6.54 Å². The monoisotopic (exact) mass is 207 g/mol. The van der Waals surface area contributed by atoms with Crippen LogP contribution in [0, 0.1) is 12.3 Å². The van der Waals surface area contributed by atoms with Crippen molar-refractivity contribution in [3.8, 4) is 12.3 Å². The van der Waals surface area contributed by atoms with Gasteiger partial charge in [0.2, 0.25) is 0 Å². The second kappa shape index (κ2) is 4.50. The number of rotatable bonds is 1. The van der Waals surface area contributed by atoms with Crippen molar-refractivity contribution < 1.29 is 9.53 Å². The van der Waals surface area contributed by atoms with Crippen molar-refractivity contribution in [2.24, 2.45) is 0 Å². The first-order valence-electron chi connectivity index (χ1n) is 5.04. The Hall–Kier alpha value is -1.27. The van der Waals surface area contributed by atoms with Gasteiger partial charge in [-0.15, -0.1) is 6.42 Å². The summed E-state index contributed by atoms with van der Waals surface area (Å²) >= 11 is 0. The molecule has 0 spiro atoms. The molecule has 1 rings (SSSR count). The predicted molar refractivity (Wildman–Crippen MR) is 59.2 cm³/mol. The molecule has 0 fully saturated rings. The molecule has 0 aromatic carbocycles. The van der Waals surface area contributed by atoms with Gasteiger partial charge in [0.05, 0.1) is 0 Å². The van der Waals surface area contributed by atoms with E-state index in [0.717, 1.165) is 5.57 Å². The quantitative estimate of drug-likeness (QED) is 0.519. The molecule has 0 amide bonds. The van der Waals surface area contributed by atoms with E-state index in [1.807, 2.05) is 26.8 Å². The number of carbonyl (C=O) groups is 1. The number of esters is 1. The van der Waals surface area contributed by atoms with Gasteiger partial charge in [0.1, 0.15) is 11.6 Å². The first-order chi connectivity index (χ1) is 6.92. The Morgan fingerprint density at radius 1 is 1.67 bits per heavy atom. The third-order valence-electron chi connectivity index (χ3n) is 2.01. The van der Waals surface area contributed by atoms with Crippen molar-refractivity contribution in [3.63, 3.8) is 0 Å². The van der Waals surface area contributed by atoms with Crippen LogP contribution in [-0.4, -0.2) is 24.2 Å². The van der Waals surface area contributed by atoms with Crippen molar-refractivity contribution in [3.05, 3.63) is 11.6 Å². The van der Waals surface area contributed by atoms with Crippen LogP contribution in [0.5, 0.6) is 0 Å². The first-order valence-corrected chi connectivity index (χ1v) is 5.04. The molecule has 1 N–H and O–H groups in total. The summed E-state index contributed by atoms with van der Waals surface area (Å²) in [6, 6.07) is -0.305. The van der Waals surface area contributed by atoms with Gasteiger partial charge in [-0.25, -0.2) is 0 Å². The van der Waals surface area contributed by atoms with E-state index in [-0.39, 0.29) is 12.0 Å². The minimum absolute atomic E-state index is 0.233. The molecule has 0 saturated heterocycles. The van der Waals surface area contributed by atoms with Gasteiger partial charge in [0, 0.05) is 18.5 Å². The van der Waals surface area contributed by atoms with Gasteiger partial charge in [-0.05, 0) is 20.8 Å². The summed E-state index contributed by atoms with van der Waals surface area (Å²) in [5.41, 5.74) is 0.417. The molecule has 1 atom stereocenters. The molecular weight excluding hydrogens is 190 g/mol. The lowest BCUT2D eigenvalue weighted by Gasteiger charge is -2.26. The van der Waals surface area contributed by atoms with E-state index in [1.165, 1.54) is 0 Å². The standard InChI is InChI=1S/C12H17NO2/c1-5-9-6-7-13-10(8-9)11(14)15-12(2,3)4/h1,6,10,13H,7-8H2,2-4H3. The third kappa shape index (κ3) is 3.77. The number of ether oxygens (including phenoxy) is 1. The van der Waals surface area contributed by atoms with Crippen molar-refractivity contribution in [2.45, 2.75) is 38.8 Å². The Labute approximate surface area is 90.9 Å². The van der Waals surface area contributed by atoms with Crippen LogP contribution in [0.25, 0.3) is 0 Å². The summed E-state index contributed by atoms with van der Waals surface area (Å²) in [7, 11) is 0. The number of hydrogen-bond donors (Lipinski definition) is 1. The minimum atomic E-state index is -0.448.